The Bertz CT molecular complexity index is 798. The number of rotatable bonds is 5. The van der Waals surface area contributed by atoms with E-state index in [1.807, 2.05) is 17.5 Å². The average Bonchev–Trinajstić information content (AvgIpc) is 3.16. The first-order chi connectivity index (χ1) is 10.6. The number of thiophene rings is 1. The Hall–Kier alpha value is -2.74. The molecule has 112 valence electrons. The summed E-state index contributed by atoms with van der Waals surface area (Å²) in [6.07, 6.45) is 0. The molecule has 0 aromatic carbocycles. The molecule has 3 heterocycles. The third-order valence-corrected chi connectivity index (χ3v) is 3.73. The number of hydrogen-bond donors (Lipinski definition) is 0. The van der Waals surface area contributed by atoms with Crippen LogP contribution in [0.5, 0.6) is 5.75 Å². The monoisotopic (exact) mass is 317 g/mol. The molecule has 0 N–H and O–H groups in total. The first-order valence-electron chi connectivity index (χ1n) is 6.38. The highest BCUT2D eigenvalue weighted by Crippen LogP contribution is 2.27. The molecule has 7 nitrogen and oxygen atoms in total. The molecule has 3 aromatic rings. The molecule has 0 saturated carbocycles. The lowest BCUT2D eigenvalue weighted by molar-refractivity contribution is -0.390. The van der Waals surface area contributed by atoms with Crippen molar-refractivity contribution in [1.29, 1.82) is 0 Å². The molecule has 0 aliphatic rings. The van der Waals surface area contributed by atoms with Gasteiger partial charge in [0.05, 0.1) is 4.88 Å². The zero-order chi connectivity index (χ0) is 15.5. The van der Waals surface area contributed by atoms with Gasteiger partial charge in [0.2, 0.25) is 5.75 Å². The number of aryl methyl sites for hydroxylation is 1. The lowest BCUT2D eigenvalue weighted by Gasteiger charge is -2.04. The summed E-state index contributed by atoms with van der Waals surface area (Å²) in [5, 5.41) is 16.8. The molecule has 0 saturated heterocycles. The highest BCUT2D eigenvalue weighted by molar-refractivity contribution is 7.13. The van der Waals surface area contributed by atoms with Crippen molar-refractivity contribution in [2.24, 2.45) is 0 Å². The SMILES string of the molecule is Cc1ccc(OCc2cc(-c3cccs3)on2)c([N+](=O)[O-])n1. The van der Waals surface area contributed by atoms with Gasteiger partial charge in [-0.05, 0) is 33.5 Å². The smallest absolute Gasteiger partial charge is 0.406 e. The summed E-state index contributed by atoms with van der Waals surface area (Å²) in [6.45, 7) is 1.75. The van der Waals surface area contributed by atoms with Gasteiger partial charge in [0.15, 0.2) is 5.76 Å². The zero-order valence-corrected chi connectivity index (χ0v) is 12.4. The van der Waals surface area contributed by atoms with E-state index in [0.29, 0.717) is 17.1 Å². The van der Waals surface area contributed by atoms with E-state index in [4.69, 9.17) is 9.26 Å². The number of nitrogens with zero attached hydrogens (tertiary/aromatic N) is 3. The molecule has 0 fully saturated rings. The maximum absolute atomic E-state index is 11.0. The second kappa shape index (κ2) is 5.94. The predicted molar refractivity (Wildman–Crippen MR) is 79.8 cm³/mol. The molecule has 0 aliphatic heterocycles. The summed E-state index contributed by atoms with van der Waals surface area (Å²) < 4.78 is 10.7. The Morgan fingerprint density at radius 3 is 3.00 bits per heavy atom. The minimum absolute atomic E-state index is 0.0699. The summed E-state index contributed by atoms with van der Waals surface area (Å²) in [4.78, 5) is 15.2. The molecule has 0 bridgehead atoms. The van der Waals surface area contributed by atoms with Crippen LogP contribution in [0.3, 0.4) is 0 Å². The van der Waals surface area contributed by atoms with Crippen molar-refractivity contribution in [2.45, 2.75) is 13.5 Å². The second-order valence-electron chi connectivity index (χ2n) is 4.48. The largest absolute Gasteiger partial charge is 0.479 e. The lowest BCUT2D eigenvalue weighted by atomic mass is 10.3. The number of ether oxygens (including phenoxy) is 1. The normalized spacial score (nSPS) is 10.6. The maximum atomic E-state index is 11.0. The standard InChI is InChI=1S/C14H11N3O4S/c1-9-4-5-11(14(15-9)17(18)19)20-8-10-7-12(21-16-10)13-3-2-6-22-13/h2-7H,8H2,1H3. The van der Waals surface area contributed by atoms with E-state index >= 15 is 0 Å². The number of nitro groups is 1. The van der Waals surface area contributed by atoms with E-state index in [9.17, 15) is 10.1 Å². The maximum Gasteiger partial charge on any atom is 0.406 e. The Morgan fingerprint density at radius 2 is 2.27 bits per heavy atom. The summed E-state index contributed by atoms with van der Waals surface area (Å²) in [6, 6.07) is 8.77. The molecule has 3 aromatic heterocycles. The van der Waals surface area contributed by atoms with Crippen LogP contribution in [-0.2, 0) is 6.61 Å². The average molecular weight is 317 g/mol. The second-order valence-corrected chi connectivity index (χ2v) is 5.43. The molecule has 0 unspecified atom stereocenters. The first kappa shape index (κ1) is 14.2. The number of hydrogen-bond acceptors (Lipinski definition) is 7. The van der Waals surface area contributed by atoms with Crippen LogP contribution in [0.15, 0.2) is 40.2 Å². The Balaban J connectivity index is 1.74. The molecular formula is C14H11N3O4S. The van der Waals surface area contributed by atoms with E-state index in [1.54, 1.807) is 19.1 Å². The van der Waals surface area contributed by atoms with Crippen LogP contribution >= 0.6 is 11.3 Å². The van der Waals surface area contributed by atoms with Gasteiger partial charge in [0.25, 0.3) is 0 Å². The molecule has 0 aliphatic carbocycles. The Morgan fingerprint density at radius 1 is 1.41 bits per heavy atom. The fourth-order valence-corrected chi connectivity index (χ4v) is 2.51. The van der Waals surface area contributed by atoms with Gasteiger partial charge in [-0.1, -0.05) is 11.2 Å². The first-order valence-corrected chi connectivity index (χ1v) is 7.26. The van der Waals surface area contributed by atoms with Gasteiger partial charge in [-0.2, -0.15) is 0 Å². The van der Waals surface area contributed by atoms with Gasteiger partial charge >= 0.3 is 5.82 Å². The van der Waals surface area contributed by atoms with Crippen molar-refractivity contribution < 1.29 is 14.2 Å². The quantitative estimate of drug-likeness (QED) is 0.527. The predicted octanol–water partition coefficient (Wildman–Crippen LogP) is 3.59. The Kier molecular flexibility index (Phi) is 3.84. The minimum atomic E-state index is -0.567. The van der Waals surface area contributed by atoms with Crippen LogP contribution in [0.4, 0.5) is 5.82 Å². The fourth-order valence-electron chi connectivity index (χ4n) is 1.84. The highest BCUT2D eigenvalue weighted by atomic mass is 32.1. The molecule has 0 radical (unpaired) electrons. The van der Waals surface area contributed by atoms with Gasteiger partial charge in [-0.3, -0.25) is 0 Å². The minimum Gasteiger partial charge on any atom is -0.479 e. The van der Waals surface area contributed by atoms with E-state index in [2.05, 4.69) is 10.1 Å². The van der Waals surface area contributed by atoms with Crippen molar-refractivity contribution in [3.63, 3.8) is 0 Å². The van der Waals surface area contributed by atoms with Crippen molar-refractivity contribution >= 4 is 17.2 Å². The van der Waals surface area contributed by atoms with Crippen molar-refractivity contribution in [1.82, 2.24) is 10.1 Å². The van der Waals surface area contributed by atoms with E-state index < -0.39 is 4.92 Å². The lowest BCUT2D eigenvalue weighted by Crippen LogP contribution is -2.01. The summed E-state index contributed by atoms with van der Waals surface area (Å²) in [5.41, 5.74) is 1.11. The van der Waals surface area contributed by atoms with Gasteiger partial charge < -0.3 is 19.4 Å². The van der Waals surface area contributed by atoms with Gasteiger partial charge in [-0.15, -0.1) is 11.3 Å². The number of pyridine rings is 1. The van der Waals surface area contributed by atoms with Gasteiger partial charge in [0, 0.05) is 13.0 Å². The van der Waals surface area contributed by atoms with E-state index in [0.717, 1.165) is 4.88 Å². The summed E-state index contributed by atoms with van der Waals surface area (Å²) >= 11 is 1.54. The van der Waals surface area contributed by atoms with Crippen LogP contribution in [0.25, 0.3) is 10.6 Å². The molecular weight excluding hydrogens is 306 g/mol. The third kappa shape index (κ3) is 2.96. The van der Waals surface area contributed by atoms with Crippen molar-refractivity contribution in [2.75, 3.05) is 0 Å². The van der Waals surface area contributed by atoms with Gasteiger partial charge in [-0.25, -0.2) is 0 Å². The molecule has 0 spiro atoms. The molecule has 0 atom stereocenters. The van der Waals surface area contributed by atoms with Crippen LogP contribution in [0, 0.1) is 17.0 Å². The number of aromatic nitrogens is 2. The molecule has 3 rings (SSSR count). The van der Waals surface area contributed by atoms with E-state index in [1.165, 1.54) is 17.4 Å². The van der Waals surface area contributed by atoms with Gasteiger partial charge in [0.1, 0.15) is 18.0 Å². The summed E-state index contributed by atoms with van der Waals surface area (Å²) in [7, 11) is 0. The molecule has 22 heavy (non-hydrogen) atoms. The molecule has 0 amide bonds. The third-order valence-electron chi connectivity index (χ3n) is 2.85. The van der Waals surface area contributed by atoms with Crippen LogP contribution in [0.2, 0.25) is 0 Å². The fraction of sp³-hybridized carbons (Fsp3) is 0.143. The Labute approximate surface area is 129 Å². The topological polar surface area (TPSA) is 91.3 Å². The van der Waals surface area contributed by atoms with E-state index in [-0.39, 0.29) is 18.2 Å². The van der Waals surface area contributed by atoms with Crippen molar-refractivity contribution in [3.8, 4) is 16.4 Å². The molecule has 8 heteroatoms. The zero-order valence-electron chi connectivity index (χ0n) is 11.6. The van der Waals surface area contributed by atoms with Crippen LogP contribution in [0.1, 0.15) is 11.4 Å². The van der Waals surface area contributed by atoms with Crippen LogP contribution < -0.4 is 4.74 Å². The summed E-state index contributed by atoms with van der Waals surface area (Å²) in [5.74, 6) is 0.448. The highest BCUT2D eigenvalue weighted by Gasteiger charge is 2.18. The van der Waals surface area contributed by atoms with Crippen LogP contribution in [-0.4, -0.2) is 15.1 Å². The van der Waals surface area contributed by atoms with Crippen molar-refractivity contribution in [3.05, 3.63) is 57.2 Å².